The van der Waals surface area contributed by atoms with Gasteiger partial charge < -0.3 is 15.2 Å². The highest BCUT2D eigenvalue weighted by atomic mass is 16.5. The Morgan fingerprint density at radius 3 is 2.65 bits per heavy atom. The van der Waals surface area contributed by atoms with Gasteiger partial charge in [0.05, 0.1) is 18.4 Å². The summed E-state index contributed by atoms with van der Waals surface area (Å²) in [4.78, 5) is 11.6. The van der Waals surface area contributed by atoms with Crippen LogP contribution in [0.25, 0.3) is 0 Å². The molecule has 2 aromatic carbocycles. The number of para-hydroxylation sites is 1. The number of nitrogen functional groups attached to an aromatic ring is 1. The van der Waals surface area contributed by atoms with Gasteiger partial charge in [0.15, 0.2) is 5.75 Å². The second kappa shape index (κ2) is 6.10. The van der Waals surface area contributed by atoms with Crippen LogP contribution in [0.15, 0.2) is 42.5 Å². The van der Waals surface area contributed by atoms with Crippen molar-refractivity contribution in [1.29, 1.82) is 0 Å². The van der Waals surface area contributed by atoms with E-state index in [1.165, 1.54) is 12.7 Å². The van der Waals surface area contributed by atoms with Crippen LogP contribution in [-0.2, 0) is 11.2 Å². The van der Waals surface area contributed by atoms with Gasteiger partial charge in [0.25, 0.3) is 0 Å². The van der Waals surface area contributed by atoms with Gasteiger partial charge in [0.2, 0.25) is 0 Å². The highest BCUT2D eigenvalue weighted by Gasteiger charge is 2.14. The minimum Gasteiger partial charge on any atom is -0.465 e. The molecular weight excluding hydrogens is 254 g/mol. The van der Waals surface area contributed by atoms with Crippen LogP contribution in [-0.4, -0.2) is 13.1 Å². The van der Waals surface area contributed by atoms with E-state index in [0.29, 0.717) is 17.1 Å². The molecule has 4 heteroatoms. The molecule has 0 aromatic heterocycles. The molecule has 0 aliphatic rings. The molecule has 0 atom stereocenters. The molecule has 2 aromatic rings. The van der Waals surface area contributed by atoms with Gasteiger partial charge >= 0.3 is 5.97 Å². The summed E-state index contributed by atoms with van der Waals surface area (Å²) < 4.78 is 10.4. The largest absolute Gasteiger partial charge is 0.465 e. The zero-order valence-corrected chi connectivity index (χ0v) is 11.6. The predicted octanol–water partition coefficient (Wildman–Crippen LogP) is 3.41. The lowest BCUT2D eigenvalue weighted by Crippen LogP contribution is -2.06. The number of nitrogens with two attached hydrogens (primary N) is 1. The Hall–Kier alpha value is -2.49. The predicted molar refractivity (Wildman–Crippen MR) is 78.1 cm³/mol. The van der Waals surface area contributed by atoms with Crippen molar-refractivity contribution in [3.63, 3.8) is 0 Å². The maximum Gasteiger partial charge on any atom is 0.340 e. The number of esters is 1. The van der Waals surface area contributed by atoms with Crippen molar-refractivity contribution >= 4 is 11.7 Å². The van der Waals surface area contributed by atoms with Gasteiger partial charge in [-0.3, -0.25) is 0 Å². The quantitative estimate of drug-likeness (QED) is 0.683. The zero-order valence-electron chi connectivity index (χ0n) is 11.6. The van der Waals surface area contributed by atoms with E-state index in [2.05, 4.69) is 11.7 Å². The molecule has 0 fully saturated rings. The zero-order chi connectivity index (χ0) is 14.5. The van der Waals surface area contributed by atoms with Gasteiger partial charge in [-0.15, -0.1) is 0 Å². The Kier molecular flexibility index (Phi) is 4.25. The first kappa shape index (κ1) is 13.9. The first-order valence-corrected chi connectivity index (χ1v) is 6.39. The molecule has 0 heterocycles. The number of ether oxygens (including phenoxy) is 2. The Bertz CT molecular complexity index is 623. The van der Waals surface area contributed by atoms with Crippen LogP contribution in [0.2, 0.25) is 0 Å². The molecule has 0 amide bonds. The summed E-state index contributed by atoms with van der Waals surface area (Å²) in [6.07, 6.45) is 0.925. The summed E-state index contributed by atoms with van der Waals surface area (Å²) in [7, 11) is 1.32. The highest BCUT2D eigenvalue weighted by molar-refractivity contribution is 5.96. The summed E-state index contributed by atoms with van der Waals surface area (Å²) in [6, 6.07) is 12.8. The molecule has 0 bridgehead atoms. The average Bonchev–Trinajstić information content (AvgIpc) is 2.49. The molecular formula is C16H17NO3. The third-order valence-electron chi connectivity index (χ3n) is 3.01. The lowest BCUT2D eigenvalue weighted by atomic mass is 10.1. The number of aryl methyl sites for hydroxylation is 1. The van der Waals surface area contributed by atoms with Crippen LogP contribution >= 0.6 is 0 Å². The van der Waals surface area contributed by atoms with Crippen molar-refractivity contribution in [3.8, 4) is 11.5 Å². The molecule has 0 unspecified atom stereocenters. The van der Waals surface area contributed by atoms with Crippen LogP contribution in [0.1, 0.15) is 22.8 Å². The lowest BCUT2D eigenvalue weighted by molar-refractivity contribution is 0.0601. The van der Waals surface area contributed by atoms with Crippen LogP contribution in [0.4, 0.5) is 5.69 Å². The second-order valence-electron chi connectivity index (χ2n) is 4.31. The molecule has 20 heavy (non-hydrogen) atoms. The molecule has 0 saturated heterocycles. The van der Waals surface area contributed by atoms with E-state index in [-0.39, 0.29) is 5.69 Å². The van der Waals surface area contributed by atoms with E-state index in [4.69, 9.17) is 10.5 Å². The van der Waals surface area contributed by atoms with E-state index in [1.54, 1.807) is 18.2 Å². The highest BCUT2D eigenvalue weighted by Crippen LogP contribution is 2.30. The number of benzene rings is 2. The van der Waals surface area contributed by atoms with Crippen LogP contribution in [0, 0.1) is 0 Å². The Labute approximate surface area is 118 Å². The van der Waals surface area contributed by atoms with Gasteiger partial charge in [0, 0.05) is 0 Å². The van der Waals surface area contributed by atoms with Crippen molar-refractivity contribution < 1.29 is 14.3 Å². The van der Waals surface area contributed by atoms with Gasteiger partial charge in [-0.05, 0) is 36.2 Å². The molecule has 104 valence electrons. The van der Waals surface area contributed by atoms with Gasteiger partial charge in [-0.1, -0.05) is 25.1 Å². The van der Waals surface area contributed by atoms with E-state index in [1.807, 2.05) is 24.3 Å². The fraction of sp³-hybridized carbons (Fsp3) is 0.188. The standard InChI is InChI=1S/C16H17NO3/c1-3-11-6-4-7-12(10-11)20-14-9-5-8-13(15(14)17)16(18)19-2/h4-10H,3,17H2,1-2H3. The Morgan fingerprint density at radius 2 is 1.95 bits per heavy atom. The summed E-state index contributed by atoms with van der Waals surface area (Å²) in [5, 5.41) is 0. The Balaban J connectivity index is 2.31. The molecule has 0 spiro atoms. The van der Waals surface area contributed by atoms with Crippen molar-refractivity contribution in [2.75, 3.05) is 12.8 Å². The van der Waals surface area contributed by atoms with Crippen LogP contribution in [0.3, 0.4) is 0 Å². The van der Waals surface area contributed by atoms with Crippen molar-refractivity contribution in [1.82, 2.24) is 0 Å². The topological polar surface area (TPSA) is 61.5 Å². The maximum absolute atomic E-state index is 11.6. The summed E-state index contributed by atoms with van der Waals surface area (Å²) in [6.45, 7) is 2.07. The molecule has 0 radical (unpaired) electrons. The van der Waals surface area contributed by atoms with Crippen molar-refractivity contribution in [3.05, 3.63) is 53.6 Å². The SMILES string of the molecule is CCc1cccc(Oc2cccc(C(=O)OC)c2N)c1. The molecule has 2 rings (SSSR count). The average molecular weight is 271 g/mol. The lowest BCUT2D eigenvalue weighted by Gasteiger charge is -2.11. The minimum absolute atomic E-state index is 0.279. The number of carbonyl (C=O) groups excluding carboxylic acids is 1. The molecule has 0 saturated carbocycles. The number of anilines is 1. The second-order valence-corrected chi connectivity index (χ2v) is 4.31. The van der Waals surface area contributed by atoms with Crippen molar-refractivity contribution in [2.24, 2.45) is 0 Å². The monoisotopic (exact) mass is 271 g/mol. The normalized spacial score (nSPS) is 10.1. The number of rotatable bonds is 4. The minimum atomic E-state index is -0.477. The first-order valence-electron chi connectivity index (χ1n) is 6.39. The third kappa shape index (κ3) is 2.91. The summed E-state index contributed by atoms with van der Waals surface area (Å²) >= 11 is 0. The number of hydrogen-bond donors (Lipinski definition) is 1. The smallest absolute Gasteiger partial charge is 0.340 e. The number of hydrogen-bond acceptors (Lipinski definition) is 4. The first-order chi connectivity index (χ1) is 9.65. The van der Waals surface area contributed by atoms with E-state index >= 15 is 0 Å². The molecule has 2 N–H and O–H groups in total. The fourth-order valence-corrected chi connectivity index (χ4v) is 1.88. The number of methoxy groups -OCH3 is 1. The van der Waals surface area contributed by atoms with E-state index in [0.717, 1.165) is 6.42 Å². The van der Waals surface area contributed by atoms with Gasteiger partial charge in [-0.25, -0.2) is 4.79 Å². The van der Waals surface area contributed by atoms with E-state index in [9.17, 15) is 4.79 Å². The molecule has 0 aliphatic heterocycles. The van der Waals surface area contributed by atoms with Gasteiger partial charge in [-0.2, -0.15) is 0 Å². The van der Waals surface area contributed by atoms with Crippen LogP contribution < -0.4 is 10.5 Å². The van der Waals surface area contributed by atoms with E-state index < -0.39 is 5.97 Å². The van der Waals surface area contributed by atoms with Crippen LogP contribution in [0.5, 0.6) is 11.5 Å². The van der Waals surface area contributed by atoms with Crippen molar-refractivity contribution in [2.45, 2.75) is 13.3 Å². The third-order valence-corrected chi connectivity index (χ3v) is 3.01. The molecule has 0 aliphatic carbocycles. The summed E-state index contributed by atoms with van der Waals surface area (Å²) in [5.74, 6) is 0.662. The number of carbonyl (C=O) groups is 1. The molecule has 4 nitrogen and oxygen atoms in total. The summed E-state index contributed by atoms with van der Waals surface area (Å²) in [5.41, 5.74) is 7.71. The van der Waals surface area contributed by atoms with Gasteiger partial charge in [0.1, 0.15) is 5.75 Å². The Morgan fingerprint density at radius 1 is 1.20 bits per heavy atom. The fourth-order valence-electron chi connectivity index (χ4n) is 1.88. The maximum atomic E-state index is 11.6.